The van der Waals surface area contributed by atoms with E-state index in [1.54, 1.807) is 7.11 Å². The molecule has 0 aromatic rings. The maximum Gasteiger partial charge on any atom is 0.240 e. The second-order valence-corrected chi connectivity index (χ2v) is 4.40. The lowest BCUT2D eigenvalue weighted by Crippen LogP contribution is -2.46. The zero-order valence-electron chi connectivity index (χ0n) is 9.37. The Balaban J connectivity index is 1.87. The normalized spacial score (nSPS) is 25.5. The number of hydrogen-bond acceptors (Lipinski definition) is 3. The average molecular weight is 212 g/mol. The number of nitrogens with zero attached hydrogens (tertiary/aromatic N) is 1. The van der Waals surface area contributed by atoms with Gasteiger partial charge >= 0.3 is 0 Å². The van der Waals surface area contributed by atoms with Crippen LogP contribution >= 0.6 is 0 Å². The molecule has 2 fully saturated rings. The van der Waals surface area contributed by atoms with E-state index in [2.05, 4.69) is 5.32 Å². The van der Waals surface area contributed by atoms with Gasteiger partial charge in [0.2, 0.25) is 5.91 Å². The van der Waals surface area contributed by atoms with E-state index in [0.29, 0.717) is 12.6 Å². The van der Waals surface area contributed by atoms with Crippen LogP contribution in [-0.2, 0) is 9.53 Å². The van der Waals surface area contributed by atoms with E-state index in [-0.39, 0.29) is 11.9 Å². The van der Waals surface area contributed by atoms with Crippen LogP contribution in [0.15, 0.2) is 0 Å². The minimum Gasteiger partial charge on any atom is -0.383 e. The zero-order valence-corrected chi connectivity index (χ0v) is 9.37. The van der Waals surface area contributed by atoms with Gasteiger partial charge in [-0.3, -0.25) is 4.79 Å². The van der Waals surface area contributed by atoms with Gasteiger partial charge in [0.15, 0.2) is 0 Å². The monoisotopic (exact) mass is 212 g/mol. The lowest BCUT2D eigenvalue weighted by atomic mass is 10.2. The molecule has 2 rings (SSSR count). The highest BCUT2D eigenvalue weighted by atomic mass is 16.5. The van der Waals surface area contributed by atoms with Gasteiger partial charge in [-0.25, -0.2) is 0 Å². The molecule has 4 heteroatoms. The van der Waals surface area contributed by atoms with E-state index in [1.165, 1.54) is 12.8 Å². The molecule has 1 heterocycles. The topological polar surface area (TPSA) is 41.6 Å². The van der Waals surface area contributed by atoms with Crippen LogP contribution in [-0.4, -0.2) is 49.7 Å². The number of hydrogen-bond donors (Lipinski definition) is 1. The smallest absolute Gasteiger partial charge is 0.240 e. The first-order chi connectivity index (χ1) is 7.33. The number of amides is 1. The van der Waals surface area contributed by atoms with Gasteiger partial charge in [-0.15, -0.1) is 0 Å². The van der Waals surface area contributed by atoms with Crippen molar-refractivity contribution in [1.29, 1.82) is 0 Å². The Morgan fingerprint density at radius 2 is 2.27 bits per heavy atom. The third-order valence-corrected chi connectivity index (χ3v) is 3.17. The molecule has 1 N–H and O–H groups in total. The predicted octanol–water partition coefficient (Wildman–Crippen LogP) is 0.376. The largest absolute Gasteiger partial charge is 0.383 e. The molecule has 0 bridgehead atoms. The van der Waals surface area contributed by atoms with Crippen molar-refractivity contribution in [2.75, 3.05) is 26.8 Å². The van der Waals surface area contributed by atoms with Crippen molar-refractivity contribution in [3.8, 4) is 0 Å². The maximum absolute atomic E-state index is 12.1. The summed E-state index contributed by atoms with van der Waals surface area (Å²) in [6.45, 7) is 2.38. The molecule has 1 saturated heterocycles. The van der Waals surface area contributed by atoms with Crippen LogP contribution in [0.2, 0.25) is 0 Å². The summed E-state index contributed by atoms with van der Waals surface area (Å²) in [4.78, 5) is 14.1. The molecule has 0 spiro atoms. The van der Waals surface area contributed by atoms with Crippen molar-refractivity contribution >= 4 is 5.91 Å². The van der Waals surface area contributed by atoms with E-state index >= 15 is 0 Å². The van der Waals surface area contributed by atoms with Crippen LogP contribution in [0.3, 0.4) is 0 Å². The molecule has 0 aromatic heterocycles. The molecule has 0 unspecified atom stereocenters. The summed E-state index contributed by atoms with van der Waals surface area (Å²) in [7, 11) is 1.68. The van der Waals surface area contributed by atoms with E-state index in [0.717, 1.165) is 25.9 Å². The molecule has 0 aromatic carbocycles. The van der Waals surface area contributed by atoms with E-state index in [1.807, 2.05) is 4.90 Å². The maximum atomic E-state index is 12.1. The van der Waals surface area contributed by atoms with Gasteiger partial charge in [-0.2, -0.15) is 0 Å². The molecule has 1 aliphatic heterocycles. The standard InChI is InChI=1S/C11H20N2O2/c1-15-8-7-13(9-4-5-9)11(14)10-3-2-6-12-10/h9-10,12H,2-8H2,1H3/t10-/m0/s1. The Bertz CT molecular complexity index is 223. The van der Waals surface area contributed by atoms with Gasteiger partial charge in [-0.1, -0.05) is 0 Å². The zero-order chi connectivity index (χ0) is 10.7. The molecular formula is C11H20N2O2. The highest BCUT2D eigenvalue weighted by Gasteiger charge is 2.36. The Labute approximate surface area is 91.0 Å². The molecular weight excluding hydrogens is 192 g/mol. The van der Waals surface area contributed by atoms with E-state index in [9.17, 15) is 4.79 Å². The number of carbonyl (C=O) groups is 1. The molecule has 4 nitrogen and oxygen atoms in total. The molecule has 0 radical (unpaired) electrons. The Hall–Kier alpha value is -0.610. The van der Waals surface area contributed by atoms with E-state index < -0.39 is 0 Å². The number of rotatable bonds is 5. The van der Waals surface area contributed by atoms with Crippen molar-refractivity contribution in [2.24, 2.45) is 0 Å². The molecule has 1 saturated carbocycles. The first kappa shape index (κ1) is 10.9. The summed E-state index contributed by atoms with van der Waals surface area (Å²) in [6, 6.07) is 0.567. The lowest BCUT2D eigenvalue weighted by molar-refractivity contribution is -0.134. The van der Waals surface area contributed by atoms with Crippen LogP contribution in [0, 0.1) is 0 Å². The van der Waals surface area contributed by atoms with Crippen molar-refractivity contribution in [1.82, 2.24) is 10.2 Å². The summed E-state index contributed by atoms with van der Waals surface area (Å²) in [5.41, 5.74) is 0. The van der Waals surface area contributed by atoms with Gasteiger partial charge < -0.3 is 15.0 Å². The fourth-order valence-electron chi connectivity index (χ4n) is 2.14. The predicted molar refractivity (Wildman–Crippen MR) is 57.6 cm³/mol. The molecule has 15 heavy (non-hydrogen) atoms. The SMILES string of the molecule is COCCN(C(=O)[C@@H]1CCCN1)C1CC1. The third kappa shape index (κ3) is 2.69. The summed E-state index contributed by atoms with van der Waals surface area (Å²) in [5.74, 6) is 0.284. The Kier molecular flexibility index (Phi) is 3.59. The van der Waals surface area contributed by atoms with Crippen molar-refractivity contribution in [2.45, 2.75) is 37.8 Å². The van der Waals surface area contributed by atoms with Crippen LogP contribution in [0.5, 0.6) is 0 Å². The highest BCUT2D eigenvalue weighted by Crippen LogP contribution is 2.27. The van der Waals surface area contributed by atoms with Crippen LogP contribution in [0.1, 0.15) is 25.7 Å². The van der Waals surface area contributed by atoms with Gasteiger partial charge in [-0.05, 0) is 32.2 Å². The fraction of sp³-hybridized carbons (Fsp3) is 0.909. The van der Waals surface area contributed by atoms with Crippen molar-refractivity contribution in [3.05, 3.63) is 0 Å². The minimum absolute atomic E-state index is 0.0717. The van der Waals surface area contributed by atoms with Crippen molar-refractivity contribution in [3.63, 3.8) is 0 Å². The first-order valence-corrected chi connectivity index (χ1v) is 5.85. The summed E-state index contributed by atoms with van der Waals surface area (Å²) in [6.07, 6.45) is 4.46. The van der Waals surface area contributed by atoms with Crippen LogP contribution in [0.4, 0.5) is 0 Å². The van der Waals surface area contributed by atoms with Gasteiger partial charge in [0.25, 0.3) is 0 Å². The van der Waals surface area contributed by atoms with Gasteiger partial charge in [0.05, 0.1) is 12.6 Å². The first-order valence-electron chi connectivity index (χ1n) is 5.85. The van der Waals surface area contributed by atoms with Gasteiger partial charge in [0, 0.05) is 19.7 Å². The molecule has 86 valence electrons. The van der Waals surface area contributed by atoms with E-state index in [4.69, 9.17) is 4.74 Å². The Morgan fingerprint density at radius 1 is 1.47 bits per heavy atom. The molecule has 1 amide bonds. The third-order valence-electron chi connectivity index (χ3n) is 3.17. The van der Waals surface area contributed by atoms with Gasteiger partial charge in [0.1, 0.15) is 0 Å². The molecule has 1 atom stereocenters. The number of methoxy groups -OCH3 is 1. The lowest BCUT2D eigenvalue weighted by Gasteiger charge is -2.25. The molecule has 2 aliphatic rings. The second kappa shape index (κ2) is 4.94. The van der Waals surface area contributed by atoms with Crippen molar-refractivity contribution < 1.29 is 9.53 Å². The number of carbonyl (C=O) groups excluding carboxylic acids is 1. The summed E-state index contributed by atoms with van der Waals surface area (Å²) < 4.78 is 5.05. The number of nitrogens with one attached hydrogen (secondary N) is 1. The summed E-state index contributed by atoms with van der Waals surface area (Å²) in [5, 5.41) is 3.26. The van der Waals surface area contributed by atoms with Crippen LogP contribution < -0.4 is 5.32 Å². The minimum atomic E-state index is 0.0717. The van der Waals surface area contributed by atoms with Crippen LogP contribution in [0.25, 0.3) is 0 Å². The highest BCUT2D eigenvalue weighted by molar-refractivity contribution is 5.82. The number of ether oxygens (including phenoxy) is 1. The summed E-state index contributed by atoms with van der Waals surface area (Å²) >= 11 is 0. The second-order valence-electron chi connectivity index (χ2n) is 4.40. The molecule has 1 aliphatic carbocycles. The fourth-order valence-corrected chi connectivity index (χ4v) is 2.14. The quantitative estimate of drug-likeness (QED) is 0.716. The Morgan fingerprint density at radius 3 is 2.80 bits per heavy atom. The average Bonchev–Trinajstić information content (AvgIpc) is 2.94.